The van der Waals surface area contributed by atoms with Crippen LogP contribution >= 0.6 is 23.5 Å². The molecule has 0 aliphatic rings. The molecule has 25 heavy (non-hydrogen) atoms. The van der Waals surface area contributed by atoms with Gasteiger partial charge in [0, 0.05) is 6.61 Å². The molecular formula is C18H28O5S2. The van der Waals surface area contributed by atoms with Gasteiger partial charge in [-0.25, -0.2) is 4.79 Å². The second-order valence-corrected chi connectivity index (χ2v) is 8.36. The van der Waals surface area contributed by atoms with Crippen molar-refractivity contribution in [2.75, 3.05) is 24.7 Å². The van der Waals surface area contributed by atoms with E-state index in [4.69, 9.17) is 9.47 Å². The van der Waals surface area contributed by atoms with E-state index in [2.05, 4.69) is 0 Å². The van der Waals surface area contributed by atoms with Crippen LogP contribution in [0.15, 0.2) is 30.3 Å². The minimum absolute atomic E-state index is 0.106. The van der Waals surface area contributed by atoms with Crippen molar-refractivity contribution in [2.45, 2.75) is 43.7 Å². The van der Waals surface area contributed by atoms with Gasteiger partial charge < -0.3 is 19.7 Å². The molecule has 0 spiro atoms. The van der Waals surface area contributed by atoms with Gasteiger partial charge in [-0.2, -0.15) is 0 Å². The summed E-state index contributed by atoms with van der Waals surface area (Å²) in [6, 6.07) is 8.59. The van der Waals surface area contributed by atoms with Gasteiger partial charge in [0.2, 0.25) is 0 Å². The van der Waals surface area contributed by atoms with Crippen molar-refractivity contribution in [3.8, 4) is 0 Å². The van der Waals surface area contributed by atoms with Crippen LogP contribution in [-0.4, -0.2) is 63.8 Å². The van der Waals surface area contributed by atoms with Crippen molar-refractivity contribution in [3.05, 3.63) is 35.9 Å². The number of thioether (sulfide) groups is 2. The first-order valence-corrected chi connectivity index (χ1v) is 10.6. The van der Waals surface area contributed by atoms with Crippen LogP contribution in [0, 0.1) is 0 Å². The van der Waals surface area contributed by atoms with Gasteiger partial charge in [-0.05, 0) is 30.6 Å². The highest BCUT2D eigenvalue weighted by atomic mass is 32.2. The lowest BCUT2D eigenvalue weighted by Crippen LogP contribution is -2.46. The summed E-state index contributed by atoms with van der Waals surface area (Å²) in [5.74, 6) is 1.20. The Hall–Kier alpha value is -0.730. The molecule has 0 aliphatic heterocycles. The Morgan fingerprint density at radius 3 is 2.20 bits per heavy atom. The van der Waals surface area contributed by atoms with E-state index in [-0.39, 0.29) is 11.2 Å². The summed E-state index contributed by atoms with van der Waals surface area (Å²) < 4.78 is 10.6. The van der Waals surface area contributed by atoms with Crippen LogP contribution in [0.25, 0.3) is 0 Å². The molecule has 0 unspecified atom stereocenters. The van der Waals surface area contributed by atoms with Gasteiger partial charge in [0.25, 0.3) is 0 Å². The number of ether oxygens (including phenoxy) is 2. The van der Waals surface area contributed by atoms with Crippen LogP contribution in [0.3, 0.4) is 0 Å². The summed E-state index contributed by atoms with van der Waals surface area (Å²) in [5.41, 5.74) is 0.421. The third-order valence-electron chi connectivity index (χ3n) is 3.41. The SMILES string of the molecule is CCO[C@@H]([C@H](O)COC(=O)c1ccccc1)[C@@H](O)C(SCC)SCC. The Bertz CT molecular complexity index is 480. The average Bonchev–Trinajstić information content (AvgIpc) is 2.64. The van der Waals surface area contributed by atoms with Gasteiger partial charge in [-0.3, -0.25) is 0 Å². The molecular weight excluding hydrogens is 360 g/mol. The van der Waals surface area contributed by atoms with E-state index in [9.17, 15) is 15.0 Å². The maximum absolute atomic E-state index is 12.0. The summed E-state index contributed by atoms with van der Waals surface area (Å²) in [7, 11) is 0. The van der Waals surface area contributed by atoms with Crippen molar-refractivity contribution < 1.29 is 24.5 Å². The number of esters is 1. The predicted octanol–water partition coefficient (Wildman–Crippen LogP) is 2.80. The summed E-state index contributed by atoms with van der Waals surface area (Å²) in [5, 5.41) is 21.1. The summed E-state index contributed by atoms with van der Waals surface area (Å²) in [6.07, 6.45) is -2.77. The van der Waals surface area contributed by atoms with Gasteiger partial charge in [0.05, 0.1) is 10.1 Å². The molecule has 0 amide bonds. The number of carbonyl (C=O) groups is 1. The Morgan fingerprint density at radius 1 is 1.08 bits per heavy atom. The van der Waals surface area contributed by atoms with Crippen molar-refractivity contribution in [1.82, 2.24) is 0 Å². The number of hydrogen-bond acceptors (Lipinski definition) is 7. The van der Waals surface area contributed by atoms with E-state index >= 15 is 0 Å². The molecule has 0 saturated carbocycles. The molecule has 2 N–H and O–H groups in total. The molecule has 3 atom stereocenters. The Labute approximate surface area is 158 Å². The zero-order valence-electron chi connectivity index (χ0n) is 15.0. The van der Waals surface area contributed by atoms with E-state index < -0.39 is 24.3 Å². The van der Waals surface area contributed by atoms with Gasteiger partial charge in [0.1, 0.15) is 24.9 Å². The van der Waals surface area contributed by atoms with Crippen molar-refractivity contribution >= 4 is 29.5 Å². The molecule has 1 aromatic rings. The number of rotatable bonds is 12. The standard InChI is InChI=1S/C18H28O5S2/c1-4-22-16(15(20)18(24-5-2)25-6-3)14(19)12-23-17(21)13-10-8-7-9-11-13/h7-11,14-16,18-20H,4-6,12H2,1-3H3/t14-,15-,16+/m1/s1. The molecule has 0 bridgehead atoms. The molecule has 0 aromatic heterocycles. The van der Waals surface area contributed by atoms with E-state index in [1.54, 1.807) is 54.7 Å². The number of aliphatic hydroxyl groups is 2. The second kappa shape index (κ2) is 12.6. The first-order chi connectivity index (χ1) is 12.0. The molecule has 7 heteroatoms. The fourth-order valence-electron chi connectivity index (χ4n) is 2.27. The fourth-order valence-corrected chi connectivity index (χ4v) is 4.83. The monoisotopic (exact) mass is 388 g/mol. The number of carbonyl (C=O) groups excluding carboxylic acids is 1. The summed E-state index contributed by atoms with van der Waals surface area (Å²) in [4.78, 5) is 12.0. The highest BCUT2D eigenvalue weighted by molar-refractivity contribution is 8.17. The smallest absolute Gasteiger partial charge is 0.338 e. The zero-order chi connectivity index (χ0) is 18.7. The molecule has 1 aromatic carbocycles. The molecule has 0 aliphatic carbocycles. The Balaban J connectivity index is 2.68. The maximum Gasteiger partial charge on any atom is 0.338 e. The van der Waals surface area contributed by atoms with Crippen LogP contribution in [0.5, 0.6) is 0 Å². The van der Waals surface area contributed by atoms with Crippen molar-refractivity contribution in [1.29, 1.82) is 0 Å². The highest BCUT2D eigenvalue weighted by Crippen LogP contribution is 2.30. The third kappa shape index (κ3) is 7.58. The van der Waals surface area contributed by atoms with E-state index in [1.807, 2.05) is 19.9 Å². The van der Waals surface area contributed by atoms with E-state index in [0.29, 0.717) is 12.2 Å². The first kappa shape index (κ1) is 22.3. The lowest BCUT2D eigenvalue weighted by molar-refractivity contribution is -0.106. The van der Waals surface area contributed by atoms with E-state index in [0.717, 1.165) is 11.5 Å². The van der Waals surface area contributed by atoms with Gasteiger partial charge >= 0.3 is 5.97 Å². The average molecular weight is 389 g/mol. The minimum Gasteiger partial charge on any atom is -0.459 e. The van der Waals surface area contributed by atoms with Crippen LogP contribution < -0.4 is 0 Å². The summed E-state index contributed by atoms with van der Waals surface area (Å²) >= 11 is 3.23. The third-order valence-corrected chi connectivity index (χ3v) is 6.11. The second-order valence-electron chi connectivity index (χ2n) is 5.22. The highest BCUT2D eigenvalue weighted by Gasteiger charge is 2.34. The molecule has 1 rings (SSSR count). The number of aliphatic hydroxyl groups excluding tert-OH is 2. The van der Waals surface area contributed by atoms with Crippen LogP contribution in [0.2, 0.25) is 0 Å². The molecule has 0 fully saturated rings. The Morgan fingerprint density at radius 2 is 1.68 bits per heavy atom. The maximum atomic E-state index is 12.0. The number of benzene rings is 1. The molecule has 5 nitrogen and oxygen atoms in total. The van der Waals surface area contributed by atoms with Gasteiger partial charge in [-0.1, -0.05) is 32.0 Å². The van der Waals surface area contributed by atoms with Gasteiger partial charge in [0.15, 0.2) is 0 Å². The topological polar surface area (TPSA) is 76.0 Å². The normalized spacial score (nSPS) is 15.0. The van der Waals surface area contributed by atoms with Crippen LogP contribution in [0.1, 0.15) is 31.1 Å². The molecule has 142 valence electrons. The predicted molar refractivity (Wildman–Crippen MR) is 104 cm³/mol. The zero-order valence-corrected chi connectivity index (χ0v) is 16.6. The fraction of sp³-hybridized carbons (Fsp3) is 0.611. The van der Waals surface area contributed by atoms with Crippen LogP contribution in [0.4, 0.5) is 0 Å². The summed E-state index contributed by atoms with van der Waals surface area (Å²) in [6.45, 7) is 5.97. The lowest BCUT2D eigenvalue weighted by Gasteiger charge is -2.31. The quantitative estimate of drug-likeness (QED) is 0.421. The number of hydrogen-bond donors (Lipinski definition) is 2. The Kier molecular flexibility index (Phi) is 11.2. The van der Waals surface area contributed by atoms with Crippen LogP contribution in [-0.2, 0) is 9.47 Å². The minimum atomic E-state index is -1.10. The molecule has 0 saturated heterocycles. The van der Waals surface area contributed by atoms with Crippen molar-refractivity contribution in [2.24, 2.45) is 0 Å². The lowest BCUT2D eigenvalue weighted by atomic mass is 10.1. The van der Waals surface area contributed by atoms with Gasteiger partial charge in [-0.15, -0.1) is 23.5 Å². The van der Waals surface area contributed by atoms with E-state index in [1.165, 1.54) is 0 Å². The molecule has 0 radical (unpaired) electrons. The first-order valence-electron chi connectivity index (χ1n) is 8.48. The molecule has 0 heterocycles. The van der Waals surface area contributed by atoms with Crippen molar-refractivity contribution in [3.63, 3.8) is 0 Å². The largest absolute Gasteiger partial charge is 0.459 e.